The van der Waals surface area contributed by atoms with Gasteiger partial charge in [-0.3, -0.25) is 4.79 Å². The van der Waals surface area contributed by atoms with Crippen LogP contribution in [0.25, 0.3) is 0 Å². The molecule has 0 amide bonds. The van der Waals surface area contributed by atoms with Crippen LogP contribution in [0.5, 0.6) is 0 Å². The van der Waals surface area contributed by atoms with Crippen molar-refractivity contribution in [1.82, 2.24) is 0 Å². The van der Waals surface area contributed by atoms with Gasteiger partial charge in [0.25, 0.3) is 0 Å². The summed E-state index contributed by atoms with van der Waals surface area (Å²) in [6, 6.07) is 13.0. The minimum Gasteiger partial charge on any atom is -0.294 e. The second kappa shape index (κ2) is 6.00. The van der Waals surface area contributed by atoms with Gasteiger partial charge in [0.2, 0.25) is 0 Å². The first-order chi connectivity index (χ1) is 8.56. The average molecular weight is 388 g/mol. The third-order valence-electron chi connectivity index (χ3n) is 2.51. The first-order valence-corrected chi connectivity index (χ1v) is 7.25. The number of rotatable bonds is 3. The minimum atomic E-state index is 0.0230. The molecule has 92 valence electrons. The summed E-state index contributed by atoms with van der Waals surface area (Å²) in [5.74, 6) is 0.0230. The van der Waals surface area contributed by atoms with Crippen molar-refractivity contribution in [2.24, 2.45) is 0 Å². The molecule has 0 saturated heterocycles. The Hall–Kier alpha value is -0.640. The van der Waals surface area contributed by atoms with Crippen LogP contribution >= 0.6 is 43.5 Å². The molecule has 18 heavy (non-hydrogen) atoms. The van der Waals surface area contributed by atoms with E-state index in [0.29, 0.717) is 17.0 Å². The van der Waals surface area contributed by atoms with E-state index in [1.54, 1.807) is 12.1 Å². The summed E-state index contributed by atoms with van der Waals surface area (Å²) in [7, 11) is 0. The number of carbonyl (C=O) groups is 1. The predicted octanol–water partition coefficient (Wildman–Crippen LogP) is 5.29. The molecule has 0 aromatic heterocycles. The van der Waals surface area contributed by atoms with Gasteiger partial charge in [0, 0.05) is 20.9 Å². The highest BCUT2D eigenvalue weighted by Gasteiger charge is 2.11. The van der Waals surface area contributed by atoms with Gasteiger partial charge in [-0.05, 0) is 35.9 Å². The van der Waals surface area contributed by atoms with Crippen LogP contribution in [0.3, 0.4) is 0 Å². The second-order valence-corrected chi connectivity index (χ2v) is 6.09. The lowest BCUT2D eigenvalue weighted by Gasteiger charge is -2.04. The highest BCUT2D eigenvalue weighted by atomic mass is 79.9. The molecule has 0 spiro atoms. The predicted molar refractivity (Wildman–Crippen MR) is 81.3 cm³/mol. The van der Waals surface area contributed by atoms with E-state index in [9.17, 15) is 4.79 Å². The van der Waals surface area contributed by atoms with Crippen LogP contribution in [-0.4, -0.2) is 5.78 Å². The van der Waals surface area contributed by atoms with Crippen molar-refractivity contribution in [1.29, 1.82) is 0 Å². The largest absolute Gasteiger partial charge is 0.294 e. The number of carbonyl (C=O) groups excluding carboxylic acids is 1. The third kappa shape index (κ3) is 3.44. The standard InChI is InChI=1S/C14H9Br2ClO/c15-10-3-1-9(2-4-10)7-14(18)12-6-5-11(16)8-13(12)17/h1-6,8H,7H2. The Labute approximate surface area is 127 Å². The van der Waals surface area contributed by atoms with Gasteiger partial charge >= 0.3 is 0 Å². The smallest absolute Gasteiger partial charge is 0.168 e. The lowest BCUT2D eigenvalue weighted by atomic mass is 10.0. The molecule has 0 radical (unpaired) electrons. The summed E-state index contributed by atoms with van der Waals surface area (Å²) >= 11 is 12.7. The van der Waals surface area contributed by atoms with Gasteiger partial charge in [-0.1, -0.05) is 55.6 Å². The number of ketones is 1. The van der Waals surface area contributed by atoms with Gasteiger partial charge in [0.1, 0.15) is 0 Å². The monoisotopic (exact) mass is 386 g/mol. The summed E-state index contributed by atoms with van der Waals surface area (Å²) in [5.41, 5.74) is 1.53. The normalized spacial score (nSPS) is 10.4. The van der Waals surface area contributed by atoms with Crippen molar-refractivity contribution in [3.63, 3.8) is 0 Å². The van der Waals surface area contributed by atoms with Crippen molar-refractivity contribution < 1.29 is 4.79 Å². The van der Waals surface area contributed by atoms with E-state index in [0.717, 1.165) is 14.5 Å². The zero-order chi connectivity index (χ0) is 13.1. The van der Waals surface area contributed by atoms with Crippen molar-refractivity contribution in [2.45, 2.75) is 6.42 Å². The van der Waals surface area contributed by atoms with Crippen molar-refractivity contribution >= 4 is 49.2 Å². The van der Waals surface area contributed by atoms with E-state index >= 15 is 0 Å². The number of hydrogen-bond donors (Lipinski definition) is 0. The fourth-order valence-corrected chi connectivity index (χ4v) is 2.64. The third-order valence-corrected chi connectivity index (χ3v) is 3.84. The molecule has 0 fully saturated rings. The molecule has 2 aromatic rings. The topological polar surface area (TPSA) is 17.1 Å². The maximum absolute atomic E-state index is 12.1. The molecular formula is C14H9Br2ClO. The van der Waals surface area contributed by atoms with Crippen LogP contribution in [-0.2, 0) is 6.42 Å². The van der Waals surface area contributed by atoms with Crippen LogP contribution in [0.2, 0.25) is 5.02 Å². The Bertz CT molecular complexity index is 579. The Morgan fingerprint density at radius 1 is 1.00 bits per heavy atom. The number of hydrogen-bond acceptors (Lipinski definition) is 1. The SMILES string of the molecule is O=C(Cc1ccc(Br)cc1)c1ccc(Br)cc1Cl. The van der Waals surface area contributed by atoms with Gasteiger partial charge in [0.05, 0.1) is 5.02 Å². The molecule has 0 N–H and O–H groups in total. The van der Waals surface area contributed by atoms with Crippen molar-refractivity contribution in [2.75, 3.05) is 0 Å². The van der Waals surface area contributed by atoms with Gasteiger partial charge < -0.3 is 0 Å². The molecule has 0 aliphatic heterocycles. The number of benzene rings is 2. The van der Waals surface area contributed by atoms with Crippen LogP contribution in [0.1, 0.15) is 15.9 Å². The quantitative estimate of drug-likeness (QED) is 0.653. The van der Waals surface area contributed by atoms with E-state index in [1.165, 1.54) is 0 Å². The molecule has 0 bridgehead atoms. The maximum Gasteiger partial charge on any atom is 0.168 e. The summed E-state index contributed by atoms with van der Waals surface area (Å²) in [5, 5.41) is 0.478. The Morgan fingerprint density at radius 2 is 1.61 bits per heavy atom. The van der Waals surface area contributed by atoms with Gasteiger partial charge in [0.15, 0.2) is 5.78 Å². The molecule has 0 aliphatic rings. The van der Waals surface area contributed by atoms with Crippen LogP contribution < -0.4 is 0 Å². The van der Waals surface area contributed by atoms with Crippen LogP contribution in [0.15, 0.2) is 51.4 Å². The Morgan fingerprint density at radius 3 is 2.22 bits per heavy atom. The molecule has 0 unspecified atom stereocenters. The van der Waals surface area contributed by atoms with Gasteiger partial charge in [-0.2, -0.15) is 0 Å². The number of Topliss-reactive ketones (excluding diaryl/α,β-unsaturated/α-hetero) is 1. The fraction of sp³-hybridized carbons (Fsp3) is 0.0714. The Kier molecular flexibility index (Phi) is 4.60. The molecule has 0 saturated carbocycles. The molecule has 0 aliphatic carbocycles. The van der Waals surface area contributed by atoms with E-state index in [2.05, 4.69) is 31.9 Å². The molecular weight excluding hydrogens is 379 g/mol. The van der Waals surface area contributed by atoms with E-state index in [4.69, 9.17) is 11.6 Å². The molecule has 2 aromatic carbocycles. The van der Waals surface area contributed by atoms with Crippen molar-refractivity contribution in [3.05, 3.63) is 67.6 Å². The van der Waals surface area contributed by atoms with E-state index in [-0.39, 0.29) is 5.78 Å². The molecule has 2 rings (SSSR count). The maximum atomic E-state index is 12.1. The summed E-state index contributed by atoms with van der Waals surface area (Å²) in [6.07, 6.45) is 0.356. The highest BCUT2D eigenvalue weighted by Crippen LogP contribution is 2.23. The summed E-state index contributed by atoms with van der Waals surface area (Å²) < 4.78 is 1.87. The van der Waals surface area contributed by atoms with Crippen molar-refractivity contribution in [3.8, 4) is 0 Å². The molecule has 0 atom stereocenters. The van der Waals surface area contributed by atoms with Crippen LogP contribution in [0, 0.1) is 0 Å². The lowest BCUT2D eigenvalue weighted by molar-refractivity contribution is 0.0993. The second-order valence-electron chi connectivity index (χ2n) is 3.85. The Balaban J connectivity index is 2.19. The molecule has 1 nitrogen and oxygen atoms in total. The first-order valence-electron chi connectivity index (χ1n) is 5.29. The first kappa shape index (κ1) is 13.8. The summed E-state index contributed by atoms with van der Waals surface area (Å²) in [4.78, 5) is 12.1. The highest BCUT2D eigenvalue weighted by molar-refractivity contribution is 9.10. The lowest BCUT2D eigenvalue weighted by Crippen LogP contribution is -2.04. The van der Waals surface area contributed by atoms with Gasteiger partial charge in [-0.15, -0.1) is 0 Å². The van der Waals surface area contributed by atoms with E-state index in [1.807, 2.05) is 30.3 Å². The zero-order valence-corrected chi connectivity index (χ0v) is 13.2. The molecule has 4 heteroatoms. The average Bonchev–Trinajstić information content (AvgIpc) is 2.32. The number of halogens is 3. The summed E-state index contributed by atoms with van der Waals surface area (Å²) in [6.45, 7) is 0. The zero-order valence-electron chi connectivity index (χ0n) is 9.29. The molecule has 0 heterocycles. The van der Waals surface area contributed by atoms with E-state index < -0.39 is 0 Å². The van der Waals surface area contributed by atoms with Gasteiger partial charge in [-0.25, -0.2) is 0 Å². The fourth-order valence-electron chi connectivity index (χ4n) is 1.60. The van der Waals surface area contributed by atoms with Crippen LogP contribution in [0.4, 0.5) is 0 Å². The minimum absolute atomic E-state index is 0.0230.